The second kappa shape index (κ2) is 17.5. The van der Waals surface area contributed by atoms with Crippen LogP contribution in [-0.2, 0) is 9.59 Å². The predicted octanol–water partition coefficient (Wildman–Crippen LogP) is 4.22. The van der Waals surface area contributed by atoms with Gasteiger partial charge in [-0.05, 0) is 94.2 Å². The quantitative estimate of drug-likeness (QED) is 0.120. The Morgan fingerprint density at radius 1 is 0.964 bits per heavy atom. The van der Waals surface area contributed by atoms with E-state index in [4.69, 9.17) is 4.98 Å². The number of amides is 3. The number of nitrogens with one attached hydrogen (secondary N) is 3. The first-order chi connectivity index (χ1) is 26.7. The number of piperidine rings is 1. The number of hydrogen-bond acceptors (Lipinski definition) is 10. The third kappa shape index (κ3) is 9.39. The minimum absolute atomic E-state index is 0.213. The Balaban J connectivity index is 0.784. The smallest absolute Gasteiger partial charge is 0.256 e. The first kappa shape index (κ1) is 38.1. The number of nitrogens with zero attached hydrogens (tertiary/aromatic N) is 7. The van der Waals surface area contributed by atoms with E-state index in [9.17, 15) is 23.2 Å². The first-order valence-electron chi connectivity index (χ1n) is 19.4. The van der Waals surface area contributed by atoms with E-state index in [-0.39, 0.29) is 29.8 Å². The number of anilines is 3. The minimum atomic E-state index is -0.472. The van der Waals surface area contributed by atoms with Gasteiger partial charge in [0.05, 0.1) is 12.2 Å². The minimum Gasteiger partial charge on any atom is -0.374 e. The van der Waals surface area contributed by atoms with Crippen molar-refractivity contribution >= 4 is 40.6 Å². The van der Waals surface area contributed by atoms with E-state index < -0.39 is 11.6 Å². The molecule has 3 saturated heterocycles. The molecule has 3 aliphatic rings. The van der Waals surface area contributed by atoms with E-state index >= 15 is 0 Å². The van der Waals surface area contributed by atoms with Crippen LogP contribution in [0.25, 0.3) is 5.65 Å². The first-order valence-corrected chi connectivity index (χ1v) is 19.4. The molecule has 0 radical (unpaired) electrons. The molecule has 0 bridgehead atoms. The highest BCUT2D eigenvalue weighted by atomic mass is 19.1. The van der Waals surface area contributed by atoms with Crippen LogP contribution in [0, 0.1) is 11.6 Å². The summed E-state index contributed by atoms with van der Waals surface area (Å²) in [6, 6.07) is 12.8. The second-order valence-electron chi connectivity index (χ2n) is 14.8. The van der Waals surface area contributed by atoms with E-state index in [1.54, 1.807) is 16.8 Å². The Hall–Kier alpha value is -5.15. The molecular weight excluding hydrogens is 707 g/mol. The summed E-state index contributed by atoms with van der Waals surface area (Å²) in [4.78, 5) is 50.6. The number of rotatable bonds is 15. The highest BCUT2D eigenvalue weighted by Crippen LogP contribution is 2.37. The van der Waals surface area contributed by atoms with Gasteiger partial charge >= 0.3 is 0 Å². The van der Waals surface area contributed by atoms with Gasteiger partial charge in [0.1, 0.15) is 29.1 Å². The number of halogens is 2. The van der Waals surface area contributed by atoms with E-state index in [0.717, 1.165) is 89.3 Å². The molecular formula is C40H50F2N10O3. The largest absolute Gasteiger partial charge is 0.374 e. The Kier molecular flexibility index (Phi) is 12.2. The third-order valence-corrected chi connectivity index (χ3v) is 10.9. The van der Waals surface area contributed by atoms with Gasteiger partial charge in [-0.15, -0.1) is 0 Å². The molecule has 3 fully saturated rings. The number of unbranched alkanes of at least 4 members (excludes halogenated alkanes) is 2. The zero-order chi connectivity index (χ0) is 38.3. The molecule has 0 spiro atoms. The third-order valence-electron chi connectivity index (χ3n) is 10.9. The van der Waals surface area contributed by atoms with Crippen LogP contribution in [0.3, 0.4) is 0 Å². The lowest BCUT2D eigenvalue weighted by molar-refractivity contribution is -0.133. The number of fused-ring (bicyclic) bond motifs is 1. The number of benzene rings is 2. The zero-order valence-corrected chi connectivity index (χ0v) is 31.4. The average Bonchev–Trinajstić information content (AvgIpc) is 3.86. The van der Waals surface area contributed by atoms with E-state index in [2.05, 4.69) is 54.9 Å². The lowest BCUT2D eigenvalue weighted by Gasteiger charge is -2.36. The molecule has 2 aromatic carbocycles. The number of aromatic nitrogens is 3. The molecule has 0 saturated carbocycles. The molecule has 0 aliphatic carbocycles. The molecule has 3 aliphatic heterocycles. The van der Waals surface area contributed by atoms with Crippen molar-refractivity contribution in [1.29, 1.82) is 0 Å². The summed E-state index contributed by atoms with van der Waals surface area (Å²) >= 11 is 0. The van der Waals surface area contributed by atoms with Gasteiger partial charge in [-0.3, -0.25) is 24.6 Å². The summed E-state index contributed by atoms with van der Waals surface area (Å²) in [5.41, 5.74) is 3.17. The fraction of sp³-hybridized carbons (Fsp3) is 0.475. The van der Waals surface area contributed by atoms with Crippen molar-refractivity contribution in [3.63, 3.8) is 0 Å². The van der Waals surface area contributed by atoms with Gasteiger partial charge in [0, 0.05) is 81.9 Å². The normalized spacial score (nSPS) is 19.3. The Morgan fingerprint density at radius 2 is 1.78 bits per heavy atom. The maximum atomic E-state index is 14.6. The SMILES string of the molecule is CN(CCCCCNC(=O)c1cnn2ccc(N3CCC[C@@H]3c3cc(F)ccc3F)nc12)CCN1CCN(c2ccc(NC3CCC(=O)NC3=O)cc2)CC1. The standard InChI is InChI=1S/C40H50F2N10O3/c1-48(20-21-49-22-24-50(25-23-49)30-10-8-29(9-11-30)45-34-13-14-37(53)47-40(34)55)17-4-2-3-16-43-39(54)32-27-44-52-19-15-36(46-38(32)52)51-18-5-6-35(51)31-26-28(41)7-12-33(31)42/h7-12,15,19,26-27,34-35,45H,2-6,13-14,16-18,20-25H2,1H3,(H,43,54)(H,47,53,55)/t34?,35-/m1/s1. The molecule has 292 valence electrons. The molecule has 4 aromatic rings. The molecule has 15 heteroatoms. The summed E-state index contributed by atoms with van der Waals surface area (Å²) in [5.74, 6) is -1.02. The summed E-state index contributed by atoms with van der Waals surface area (Å²) in [7, 11) is 2.16. The lowest BCUT2D eigenvalue weighted by Crippen LogP contribution is -2.48. The van der Waals surface area contributed by atoms with Crippen molar-refractivity contribution in [2.24, 2.45) is 0 Å². The molecule has 2 aromatic heterocycles. The number of carbonyl (C=O) groups is 3. The molecule has 7 rings (SSSR count). The number of imide groups is 1. The fourth-order valence-electron chi connectivity index (χ4n) is 7.75. The molecule has 2 atom stereocenters. The van der Waals surface area contributed by atoms with Gasteiger partial charge < -0.3 is 25.3 Å². The number of piperazine rings is 1. The molecule has 3 N–H and O–H groups in total. The van der Waals surface area contributed by atoms with Crippen molar-refractivity contribution < 1.29 is 23.2 Å². The van der Waals surface area contributed by atoms with Crippen molar-refractivity contribution in [1.82, 2.24) is 35.0 Å². The van der Waals surface area contributed by atoms with Gasteiger partial charge in [0.15, 0.2) is 5.65 Å². The number of carbonyl (C=O) groups excluding carboxylic acids is 3. The van der Waals surface area contributed by atoms with Gasteiger partial charge in [-0.25, -0.2) is 18.3 Å². The van der Waals surface area contributed by atoms with Crippen LogP contribution in [0.1, 0.15) is 66.9 Å². The van der Waals surface area contributed by atoms with Crippen LogP contribution in [0.2, 0.25) is 0 Å². The highest BCUT2D eigenvalue weighted by molar-refractivity contribution is 6.01. The van der Waals surface area contributed by atoms with E-state index in [1.807, 2.05) is 17.0 Å². The monoisotopic (exact) mass is 756 g/mol. The van der Waals surface area contributed by atoms with Gasteiger partial charge in [-0.2, -0.15) is 5.10 Å². The summed E-state index contributed by atoms with van der Waals surface area (Å²) in [6.45, 7) is 8.12. The lowest BCUT2D eigenvalue weighted by atomic mass is 10.0. The van der Waals surface area contributed by atoms with Crippen molar-refractivity contribution in [2.75, 3.05) is 81.1 Å². The molecule has 55 heavy (non-hydrogen) atoms. The topological polar surface area (TPSA) is 130 Å². The van der Waals surface area contributed by atoms with Crippen LogP contribution in [0.15, 0.2) is 60.9 Å². The number of hydrogen-bond donors (Lipinski definition) is 3. The molecule has 5 heterocycles. The van der Waals surface area contributed by atoms with Gasteiger partial charge in [0.2, 0.25) is 11.8 Å². The van der Waals surface area contributed by atoms with Crippen LogP contribution >= 0.6 is 0 Å². The van der Waals surface area contributed by atoms with Crippen LogP contribution in [0.4, 0.5) is 26.0 Å². The maximum Gasteiger partial charge on any atom is 0.256 e. The predicted molar refractivity (Wildman–Crippen MR) is 207 cm³/mol. The van der Waals surface area contributed by atoms with Crippen LogP contribution < -0.4 is 25.8 Å². The summed E-state index contributed by atoms with van der Waals surface area (Å²) < 4.78 is 30.2. The van der Waals surface area contributed by atoms with E-state index in [1.165, 1.54) is 18.0 Å². The molecule has 1 unspecified atom stereocenters. The summed E-state index contributed by atoms with van der Waals surface area (Å²) in [5, 5.41) is 13.0. The van der Waals surface area contributed by atoms with E-state index in [0.29, 0.717) is 54.9 Å². The fourth-order valence-corrected chi connectivity index (χ4v) is 7.75. The molecule has 13 nitrogen and oxygen atoms in total. The van der Waals surface area contributed by atoms with Crippen molar-refractivity contribution in [2.45, 2.75) is 57.0 Å². The molecule has 3 amide bonds. The highest BCUT2D eigenvalue weighted by Gasteiger charge is 2.30. The second-order valence-corrected chi connectivity index (χ2v) is 14.8. The van der Waals surface area contributed by atoms with Crippen molar-refractivity contribution in [3.8, 4) is 0 Å². The maximum absolute atomic E-state index is 14.6. The Labute approximate surface area is 320 Å². The zero-order valence-electron chi connectivity index (χ0n) is 31.4. The number of likely N-dealkylation sites (N-methyl/N-ethyl adjacent to an activating group) is 1. The van der Waals surface area contributed by atoms with Crippen LogP contribution in [-0.4, -0.2) is 114 Å². The van der Waals surface area contributed by atoms with Crippen molar-refractivity contribution in [3.05, 3.63) is 83.7 Å². The summed E-state index contributed by atoms with van der Waals surface area (Å²) in [6.07, 6.45) is 8.53. The van der Waals surface area contributed by atoms with Gasteiger partial charge in [0.25, 0.3) is 5.91 Å². The Bertz CT molecular complexity index is 1970. The van der Waals surface area contributed by atoms with Crippen LogP contribution in [0.5, 0.6) is 0 Å². The Morgan fingerprint density at radius 3 is 2.58 bits per heavy atom. The average molecular weight is 757 g/mol. The van der Waals surface area contributed by atoms with Gasteiger partial charge in [-0.1, -0.05) is 6.42 Å².